The lowest BCUT2D eigenvalue weighted by molar-refractivity contribution is -0.119. The van der Waals surface area contributed by atoms with Gasteiger partial charge >= 0.3 is 0 Å². The smallest absolute Gasteiger partial charge is 0.219 e. The molecule has 0 radical (unpaired) electrons. The van der Waals surface area contributed by atoms with E-state index in [0.717, 1.165) is 0 Å². The van der Waals surface area contributed by atoms with Crippen molar-refractivity contribution < 1.29 is 9.90 Å². The molecule has 10 heavy (non-hydrogen) atoms. The maximum absolute atomic E-state index is 10.3. The van der Waals surface area contributed by atoms with Crippen LogP contribution in [0.3, 0.4) is 0 Å². The summed E-state index contributed by atoms with van der Waals surface area (Å²) >= 11 is 0. The van der Waals surface area contributed by atoms with Gasteiger partial charge in [-0.05, 0) is 13.8 Å². The molecule has 4 nitrogen and oxygen atoms in total. The van der Waals surface area contributed by atoms with Crippen LogP contribution in [0.4, 0.5) is 0 Å². The van der Waals surface area contributed by atoms with Crippen LogP contribution in [-0.2, 0) is 4.79 Å². The summed E-state index contributed by atoms with van der Waals surface area (Å²) in [4.78, 5) is 10.3. The Bertz CT molecular complexity index is 128. The SMILES string of the molecule is CC(C)(O)[C@@H](N)CC(N)=O. The summed E-state index contributed by atoms with van der Waals surface area (Å²) in [6.07, 6.45) is 0.0174. The van der Waals surface area contributed by atoms with Crippen LogP contribution >= 0.6 is 0 Å². The number of amides is 1. The fraction of sp³-hybridized carbons (Fsp3) is 0.833. The Hall–Kier alpha value is -0.610. The molecule has 4 heteroatoms. The van der Waals surface area contributed by atoms with Crippen LogP contribution in [0.25, 0.3) is 0 Å². The summed E-state index contributed by atoms with van der Waals surface area (Å²) in [5, 5.41) is 9.20. The first-order valence-corrected chi connectivity index (χ1v) is 3.10. The highest BCUT2D eigenvalue weighted by atomic mass is 16.3. The quantitative estimate of drug-likeness (QED) is 0.475. The van der Waals surface area contributed by atoms with Crippen molar-refractivity contribution in [2.24, 2.45) is 11.5 Å². The summed E-state index contributed by atoms with van der Waals surface area (Å²) in [5.74, 6) is -0.491. The lowest BCUT2D eigenvalue weighted by atomic mass is 9.97. The molecule has 0 fully saturated rings. The lowest BCUT2D eigenvalue weighted by Gasteiger charge is -2.24. The minimum absolute atomic E-state index is 0.0174. The highest BCUT2D eigenvalue weighted by Gasteiger charge is 2.23. The fourth-order valence-corrected chi connectivity index (χ4v) is 0.467. The lowest BCUT2D eigenvalue weighted by Crippen LogP contribution is -2.45. The number of nitrogens with two attached hydrogens (primary N) is 2. The molecule has 1 amide bonds. The number of hydrogen-bond donors (Lipinski definition) is 3. The molecule has 0 aromatic rings. The molecule has 60 valence electrons. The summed E-state index contributed by atoms with van der Waals surface area (Å²) in [5.41, 5.74) is 9.23. The minimum Gasteiger partial charge on any atom is -0.389 e. The minimum atomic E-state index is -1.03. The molecule has 0 bridgehead atoms. The van der Waals surface area contributed by atoms with E-state index in [2.05, 4.69) is 0 Å². The Morgan fingerprint density at radius 1 is 1.70 bits per heavy atom. The van der Waals surface area contributed by atoms with Crippen LogP contribution in [0.2, 0.25) is 0 Å². The molecule has 1 atom stereocenters. The van der Waals surface area contributed by atoms with Crippen LogP contribution in [-0.4, -0.2) is 22.7 Å². The molecular formula is C6H14N2O2. The average molecular weight is 146 g/mol. The maximum atomic E-state index is 10.3. The van der Waals surface area contributed by atoms with Gasteiger partial charge in [0.25, 0.3) is 0 Å². The van der Waals surface area contributed by atoms with Gasteiger partial charge in [-0.2, -0.15) is 0 Å². The zero-order valence-corrected chi connectivity index (χ0v) is 6.29. The summed E-state index contributed by atoms with van der Waals surface area (Å²) in [6, 6.07) is -0.579. The second-order valence-corrected chi connectivity index (χ2v) is 2.93. The molecule has 0 aromatic heterocycles. The number of carbonyl (C=O) groups excluding carboxylic acids is 1. The molecule has 0 aromatic carbocycles. The highest BCUT2D eigenvalue weighted by Crippen LogP contribution is 2.08. The third kappa shape index (κ3) is 3.42. The third-order valence-corrected chi connectivity index (χ3v) is 1.33. The van der Waals surface area contributed by atoms with Gasteiger partial charge in [0.1, 0.15) is 0 Å². The molecule has 0 rings (SSSR count). The molecule has 0 aliphatic carbocycles. The second-order valence-electron chi connectivity index (χ2n) is 2.93. The largest absolute Gasteiger partial charge is 0.389 e. The summed E-state index contributed by atoms with van der Waals surface area (Å²) < 4.78 is 0. The Balaban J connectivity index is 3.85. The normalized spacial score (nSPS) is 14.8. The van der Waals surface area contributed by atoms with E-state index in [0.29, 0.717) is 0 Å². The molecule has 0 unspecified atom stereocenters. The van der Waals surface area contributed by atoms with Crippen molar-refractivity contribution >= 4 is 5.91 Å². The molecular weight excluding hydrogens is 132 g/mol. The van der Waals surface area contributed by atoms with Crippen LogP contribution in [0.1, 0.15) is 20.3 Å². The number of carbonyl (C=O) groups is 1. The van der Waals surface area contributed by atoms with Crippen molar-refractivity contribution in [1.29, 1.82) is 0 Å². The van der Waals surface area contributed by atoms with Crippen molar-refractivity contribution in [3.8, 4) is 0 Å². The van der Waals surface area contributed by atoms with Crippen molar-refractivity contribution in [2.75, 3.05) is 0 Å². The van der Waals surface area contributed by atoms with E-state index in [9.17, 15) is 9.90 Å². The van der Waals surface area contributed by atoms with E-state index in [-0.39, 0.29) is 6.42 Å². The van der Waals surface area contributed by atoms with Crippen LogP contribution in [0.5, 0.6) is 0 Å². The zero-order chi connectivity index (χ0) is 8.36. The molecule has 0 heterocycles. The topological polar surface area (TPSA) is 89.3 Å². The van der Waals surface area contributed by atoms with Gasteiger partial charge < -0.3 is 16.6 Å². The first-order valence-electron chi connectivity index (χ1n) is 3.10. The Morgan fingerprint density at radius 2 is 2.10 bits per heavy atom. The Labute approximate surface area is 60.2 Å². The standard InChI is InChI=1S/C6H14N2O2/c1-6(2,10)4(7)3-5(8)9/h4,10H,3,7H2,1-2H3,(H2,8,9)/t4-/m0/s1. The van der Waals surface area contributed by atoms with Gasteiger partial charge in [0.05, 0.1) is 5.60 Å². The molecule has 0 saturated heterocycles. The first-order chi connectivity index (χ1) is 4.34. The predicted octanol–water partition coefficient (Wildman–Crippen LogP) is -1.04. The van der Waals surface area contributed by atoms with Crippen molar-refractivity contribution in [2.45, 2.75) is 31.9 Å². The van der Waals surface area contributed by atoms with Crippen LogP contribution < -0.4 is 11.5 Å². The van der Waals surface area contributed by atoms with Gasteiger partial charge in [-0.1, -0.05) is 0 Å². The van der Waals surface area contributed by atoms with Gasteiger partial charge in [-0.25, -0.2) is 0 Å². The monoisotopic (exact) mass is 146 g/mol. The second kappa shape index (κ2) is 2.98. The van der Waals surface area contributed by atoms with E-state index in [1.165, 1.54) is 0 Å². The zero-order valence-electron chi connectivity index (χ0n) is 6.29. The number of primary amides is 1. The van der Waals surface area contributed by atoms with Crippen molar-refractivity contribution in [3.63, 3.8) is 0 Å². The van der Waals surface area contributed by atoms with Gasteiger partial charge in [0.2, 0.25) is 5.91 Å². The van der Waals surface area contributed by atoms with Crippen LogP contribution in [0.15, 0.2) is 0 Å². The molecule has 0 saturated carbocycles. The van der Waals surface area contributed by atoms with Gasteiger partial charge in [0, 0.05) is 12.5 Å². The van der Waals surface area contributed by atoms with E-state index >= 15 is 0 Å². The van der Waals surface area contributed by atoms with Gasteiger partial charge in [-0.3, -0.25) is 4.79 Å². The molecule has 0 aliphatic heterocycles. The fourth-order valence-electron chi connectivity index (χ4n) is 0.467. The van der Waals surface area contributed by atoms with Crippen molar-refractivity contribution in [1.82, 2.24) is 0 Å². The average Bonchev–Trinajstić information content (AvgIpc) is 1.60. The Morgan fingerprint density at radius 3 is 2.20 bits per heavy atom. The first kappa shape index (κ1) is 9.39. The summed E-state index contributed by atoms with van der Waals surface area (Å²) in [7, 11) is 0. The van der Waals surface area contributed by atoms with Crippen molar-refractivity contribution in [3.05, 3.63) is 0 Å². The van der Waals surface area contributed by atoms with Gasteiger partial charge in [0.15, 0.2) is 0 Å². The van der Waals surface area contributed by atoms with E-state index < -0.39 is 17.6 Å². The third-order valence-electron chi connectivity index (χ3n) is 1.33. The van der Waals surface area contributed by atoms with E-state index in [1.54, 1.807) is 13.8 Å². The highest BCUT2D eigenvalue weighted by molar-refractivity contribution is 5.74. The molecule has 5 N–H and O–H groups in total. The number of rotatable bonds is 3. The maximum Gasteiger partial charge on any atom is 0.219 e. The Kier molecular flexibility index (Phi) is 2.80. The van der Waals surface area contributed by atoms with E-state index in [4.69, 9.17) is 11.5 Å². The number of hydrogen-bond acceptors (Lipinski definition) is 3. The van der Waals surface area contributed by atoms with E-state index in [1.807, 2.05) is 0 Å². The molecule has 0 spiro atoms. The van der Waals surface area contributed by atoms with Crippen LogP contribution in [0, 0.1) is 0 Å². The van der Waals surface area contributed by atoms with Gasteiger partial charge in [-0.15, -0.1) is 0 Å². The molecule has 0 aliphatic rings. The predicted molar refractivity (Wildman–Crippen MR) is 38.1 cm³/mol. The number of aliphatic hydroxyl groups is 1. The summed E-state index contributed by atoms with van der Waals surface area (Å²) in [6.45, 7) is 3.08.